The molecule has 0 atom stereocenters. The fraction of sp³-hybridized carbons (Fsp3) is 0.118. The molecule has 3 rings (SSSR count). The van der Waals surface area contributed by atoms with E-state index in [1.54, 1.807) is 6.20 Å². The van der Waals surface area contributed by atoms with E-state index >= 15 is 0 Å². The van der Waals surface area contributed by atoms with E-state index in [9.17, 15) is 0 Å². The second kappa shape index (κ2) is 6.12. The number of rotatable bonds is 4. The Morgan fingerprint density at radius 3 is 2.71 bits per heavy atom. The number of fused-ring (bicyclic) bond motifs is 1. The van der Waals surface area contributed by atoms with Gasteiger partial charge in [0, 0.05) is 11.6 Å². The predicted molar refractivity (Wildman–Crippen MR) is 86.0 cm³/mol. The standard InChI is InChI=1S/C17H15ClN2O/c18-14-7-1-5-13(9-10-19)17(14)21-15-8-2-4-12-6-3-11-20-16(12)15/h1-8,11H,9-10,19H2. The number of aromatic nitrogens is 1. The third-order valence-electron chi connectivity index (χ3n) is 3.27. The highest BCUT2D eigenvalue weighted by molar-refractivity contribution is 6.32. The third kappa shape index (κ3) is 2.84. The molecule has 106 valence electrons. The lowest BCUT2D eigenvalue weighted by Gasteiger charge is -2.13. The Bertz CT molecular complexity index is 768. The molecule has 3 aromatic rings. The van der Waals surface area contributed by atoms with E-state index in [4.69, 9.17) is 22.1 Å². The van der Waals surface area contributed by atoms with Crippen LogP contribution in [0.5, 0.6) is 11.5 Å². The lowest BCUT2D eigenvalue weighted by molar-refractivity contribution is 0.481. The predicted octanol–water partition coefficient (Wildman–Crippen LogP) is 4.18. The van der Waals surface area contributed by atoms with Gasteiger partial charge in [-0.25, -0.2) is 0 Å². The second-order valence-corrected chi connectivity index (χ2v) is 5.11. The van der Waals surface area contributed by atoms with Crippen molar-refractivity contribution in [2.24, 2.45) is 5.73 Å². The fourth-order valence-corrected chi connectivity index (χ4v) is 2.52. The molecule has 1 heterocycles. The molecule has 0 bridgehead atoms. The molecule has 0 saturated carbocycles. The minimum Gasteiger partial charge on any atom is -0.453 e. The van der Waals surface area contributed by atoms with Crippen LogP contribution < -0.4 is 10.5 Å². The van der Waals surface area contributed by atoms with Gasteiger partial charge in [0.1, 0.15) is 11.3 Å². The summed E-state index contributed by atoms with van der Waals surface area (Å²) in [5.41, 5.74) is 7.47. The van der Waals surface area contributed by atoms with Gasteiger partial charge in [-0.1, -0.05) is 41.9 Å². The largest absolute Gasteiger partial charge is 0.453 e. The molecule has 0 aliphatic carbocycles. The van der Waals surface area contributed by atoms with Gasteiger partial charge in [0.15, 0.2) is 5.75 Å². The summed E-state index contributed by atoms with van der Waals surface area (Å²) in [6.07, 6.45) is 2.47. The minimum absolute atomic E-state index is 0.546. The quantitative estimate of drug-likeness (QED) is 0.786. The summed E-state index contributed by atoms with van der Waals surface area (Å²) in [4.78, 5) is 4.39. The number of nitrogens with zero attached hydrogens (tertiary/aromatic N) is 1. The monoisotopic (exact) mass is 298 g/mol. The van der Waals surface area contributed by atoms with Crippen molar-refractivity contribution in [3.05, 3.63) is 65.3 Å². The van der Waals surface area contributed by atoms with Gasteiger partial charge >= 0.3 is 0 Å². The number of nitrogens with two attached hydrogens (primary N) is 1. The number of ether oxygens (including phenoxy) is 1. The van der Waals surface area contributed by atoms with Crippen LogP contribution in [0, 0.1) is 0 Å². The number of benzene rings is 2. The van der Waals surface area contributed by atoms with Gasteiger partial charge < -0.3 is 10.5 Å². The van der Waals surface area contributed by atoms with Crippen LogP contribution in [-0.4, -0.2) is 11.5 Å². The Hall–Kier alpha value is -2.10. The highest BCUT2D eigenvalue weighted by atomic mass is 35.5. The van der Waals surface area contributed by atoms with E-state index in [-0.39, 0.29) is 0 Å². The Morgan fingerprint density at radius 1 is 1.05 bits per heavy atom. The Kier molecular flexibility index (Phi) is 4.04. The molecule has 0 radical (unpaired) electrons. The Labute approximate surface area is 128 Å². The van der Waals surface area contributed by atoms with E-state index in [1.165, 1.54) is 0 Å². The molecule has 0 saturated heterocycles. The highest BCUT2D eigenvalue weighted by Gasteiger charge is 2.11. The number of halogens is 1. The van der Waals surface area contributed by atoms with Crippen LogP contribution in [-0.2, 0) is 6.42 Å². The lowest BCUT2D eigenvalue weighted by atomic mass is 10.1. The topological polar surface area (TPSA) is 48.1 Å². The fourth-order valence-electron chi connectivity index (χ4n) is 2.29. The van der Waals surface area contributed by atoms with Crippen molar-refractivity contribution in [2.45, 2.75) is 6.42 Å². The molecule has 0 unspecified atom stereocenters. The van der Waals surface area contributed by atoms with E-state index in [1.807, 2.05) is 48.5 Å². The number of hydrogen-bond acceptors (Lipinski definition) is 3. The molecular formula is C17H15ClN2O. The van der Waals surface area contributed by atoms with E-state index in [0.717, 1.165) is 16.5 Å². The maximum atomic E-state index is 6.28. The van der Waals surface area contributed by atoms with Crippen LogP contribution in [0.4, 0.5) is 0 Å². The van der Waals surface area contributed by atoms with Crippen molar-refractivity contribution in [3.8, 4) is 11.5 Å². The summed E-state index contributed by atoms with van der Waals surface area (Å²) in [5.74, 6) is 1.35. The molecular weight excluding hydrogens is 284 g/mol. The highest BCUT2D eigenvalue weighted by Crippen LogP contribution is 2.35. The van der Waals surface area contributed by atoms with E-state index in [2.05, 4.69) is 4.98 Å². The number of pyridine rings is 1. The summed E-state index contributed by atoms with van der Waals surface area (Å²) in [6.45, 7) is 0.546. The molecule has 21 heavy (non-hydrogen) atoms. The normalized spacial score (nSPS) is 10.8. The Morgan fingerprint density at radius 2 is 1.86 bits per heavy atom. The number of hydrogen-bond donors (Lipinski definition) is 1. The van der Waals surface area contributed by atoms with Gasteiger partial charge in [-0.05, 0) is 36.7 Å². The van der Waals surface area contributed by atoms with Gasteiger partial charge in [-0.15, -0.1) is 0 Å². The van der Waals surface area contributed by atoms with Crippen LogP contribution in [0.3, 0.4) is 0 Å². The van der Waals surface area contributed by atoms with Gasteiger partial charge in [0.2, 0.25) is 0 Å². The van der Waals surface area contributed by atoms with Crippen molar-refractivity contribution < 1.29 is 4.74 Å². The van der Waals surface area contributed by atoms with Crippen LogP contribution >= 0.6 is 11.6 Å². The van der Waals surface area contributed by atoms with Crippen molar-refractivity contribution in [3.63, 3.8) is 0 Å². The maximum absolute atomic E-state index is 6.28. The maximum Gasteiger partial charge on any atom is 0.153 e. The van der Waals surface area contributed by atoms with Crippen molar-refractivity contribution in [1.29, 1.82) is 0 Å². The zero-order chi connectivity index (χ0) is 14.7. The second-order valence-electron chi connectivity index (χ2n) is 4.70. The van der Waals surface area contributed by atoms with Crippen LogP contribution in [0.15, 0.2) is 54.7 Å². The molecule has 1 aromatic heterocycles. The van der Waals surface area contributed by atoms with E-state index in [0.29, 0.717) is 29.5 Å². The van der Waals surface area contributed by atoms with Crippen LogP contribution in [0.1, 0.15) is 5.56 Å². The zero-order valence-electron chi connectivity index (χ0n) is 11.4. The summed E-state index contributed by atoms with van der Waals surface area (Å²) >= 11 is 6.28. The first kappa shape index (κ1) is 13.9. The first-order valence-electron chi connectivity index (χ1n) is 6.78. The van der Waals surface area contributed by atoms with Crippen LogP contribution in [0.25, 0.3) is 10.9 Å². The zero-order valence-corrected chi connectivity index (χ0v) is 12.2. The smallest absolute Gasteiger partial charge is 0.153 e. The van der Waals surface area contributed by atoms with Gasteiger partial charge in [0.05, 0.1) is 5.02 Å². The molecule has 0 aliphatic heterocycles. The molecule has 2 N–H and O–H groups in total. The van der Waals surface area contributed by atoms with Crippen molar-refractivity contribution in [1.82, 2.24) is 4.98 Å². The van der Waals surface area contributed by atoms with Gasteiger partial charge in [-0.2, -0.15) is 0 Å². The summed E-state index contributed by atoms with van der Waals surface area (Å²) in [7, 11) is 0. The SMILES string of the molecule is NCCc1cccc(Cl)c1Oc1cccc2cccnc12. The first-order chi connectivity index (χ1) is 10.3. The average Bonchev–Trinajstić information content (AvgIpc) is 2.51. The molecule has 4 heteroatoms. The minimum atomic E-state index is 0.546. The summed E-state index contributed by atoms with van der Waals surface area (Å²) < 4.78 is 6.06. The molecule has 0 amide bonds. The molecule has 0 fully saturated rings. The summed E-state index contributed by atoms with van der Waals surface area (Å²) in [5, 5.41) is 1.61. The van der Waals surface area contributed by atoms with Crippen LogP contribution in [0.2, 0.25) is 5.02 Å². The third-order valence-corrected chi connectivity index (χ3v) is 3.57. The van der Waals surface area contributed by atoms with Crippen molar-refractivity contribution in [2.75, 3.05) is 6.54 Å². The van der Waals surface area contributed by atoms with Gasteiger partial charge in [0.25, 0.3) is 0 Å². The number of para-hydroxylation sites is 2. The van der Waals surface area contributed by atoms with E-state index < -0.39 is 0 Å². The average molecular weight is 299 g/mol. The first-order valence-corrected chi connectivity index (χ1v) is 7.16. The molecule has 3 nitrogen and oxygen atoms in total. The Balaban J connectivity index is 2.07. The molecule has 0 spiro atoms. The molecule has 2 aromatic carbocycles. The van der Waals surface area contributed by atoms with Crippen molar-refractivity contribution >= 4 is 22.5 Å². The van der Waals surface area contributed by atoms with Gasteiger partial charge in [-0.3, -0.25) is 4.98 Å². The lowest BCUT2D eigenvalue weighted by Crippen LogP contribution is -2.04. The molecule has 0 aliphatic rings. The summed E-state index contributed by atoms with van der Waals surface area (Å²) in [6, 6.07) is 15.4.